The van der Waals surface area contributed by atoms with Crippen LogP contribution in [0.25, 0.3) is 0 Å². The number of carboxylic acids is 1. The van der Waals surface area contributed by atoms with Crippen LogP contribution < -0.4 is 0 Å². The lowest BCUT2D eigenvalue weighted by molar-refractivity contribution is -0.360. The summed E-state index contributed by atoms with van der Waals surface area (Å²) in [6.07, 6.45) is -8.94. The van der Waals surface area contributed by atoms with Crippen LogP contribution in [0, 0.1) is 0 Å². The highest BCUT2D eigenvalue weighted by Crippen LogP contribution is 2.31. The molecule has 0 spiro atoms. The Hall–Kier alpha value is -2.07. The molecule has 0 radical (unpaired) electrons. The first-order valence-electron chi connectivity index (χ1n) is 19.2. The minimum atomic E-state index is -1.87. The number of carboxylic acid groups (broad SMARTS) is 1. The normalized spacial score (nSPS) is 30.3. The van der Waals surface area contributed by atoms with Gasteiger partial charge in [0.2, 0.25) is 0 Å². The van der Waals surface area contributed by atoms with E-state index < -0.39 is 117 Å². The average molecular weight is 785 g/mol. The quantitative estimate of drug-likeness (QED) is 0.0385. The van der Waals surface area contributed by atoms with Crippen molar-refractivity contribution in [1.29, 1.82) is 0 Å². The van der Waals surface area contributed by atoms with Crippen molar-refractivity contribution in [2.45, 2.75) is 190 Å². The van der Waals surface area contributed by atoms with Crippen LogP contribution in [0.3, 0.4) is 0 Å². The van der Waals surface area contributed by atoms with Gasteiger partial charge >= 0.3 is 17.9 Å². The molecule has 0 amide bonds. The molecule has 0 aromatic heterocycles. The van der Waals surface area contributed by atoms with Crippen molar-refractivity contribution in [3.8, 4) is 0 Å². The van der Waals surface area contributed by atoms with Crippen LogP contribution in [0.15, 0.2) is 0 Å². The highest BCUT2D eigenvalue weighted by atomic mass is 16.7. The molecule has 316 valence electrons. The van der Waals surface area contributed by atoms with Crippen LogP contribution in [-0.2, 0) is 42.8 Å². The fourth-order valence-corrected chi connectivity index (χ4v) is 6.38. The zero-order valence-electron chi connectivity index (χ0n) is 31.4. The number of rotatable bonds is 27. The fraction of sp³-hybridized carbons (Fsp3) is 0.917. The van der Waals surface area contributed by atoms with Gasteiger partial charge in [0.1, 0.15) is 49.3 Å². The van der Waals surface area contributed by atoms with Crippen molar-refractivity contribution >= 4 is 17.9 Å². The van der Waals surface area contributed by atoms with Gasteiger partial charge in [-0.2, -0.15) is 0 Å². The Balaban J connectivity index is 1.85. The molecule has 2 saturated heterocycles. The zero-order valence-corrected chi connectivity index (χ0v) is 31.4. The maximum atomic E-state index is 12.5. The molecule has 54 heavy (non-hydrogen) atoms. The first kappa shape index (κ1) is 48.1. The molecule has 0 aromatic carbocycles. The molecular formula is C36H64O18. The molecule has 2 fully saturated rings. The second kappa shape index (κ2) is 26.0. The lowest BCUT2D eigenvalue weighted by Crippen LogP contribution is -2.65. The summed E-state index contributed by atoms with van der Waals surface area (Å²) in [6.45, 7) is 1.42. The van der Waals surface area contributed by atoms with E-state index in [0.29, 0.717) is 25.7 Å². The number of aliphatic hydroxyl groups excluding tert-OH is 8. The van der Waals surface area contributed by atoms with Crippen molar-refractivity contribution in [3.05, 3.63) is 0 Å². The zero-order chi connectivity index (χ0) is 40.2. The van der Waals surface area contributed by atoms with Gasteiger partial charge in [-0.25, -0.2) is 4.79 Å². The molecule has 0 aliphatic carbocycles. The number of aliphatic hydroxyl groups is 8. The second-order valence-corrected chi connectivity index (χ2v) is 14.2. The van der Waals surface area contributed by atoms with Gasteiger partial charge in [-0.3, -0.25) is 9.59 Å². The van der Waals surface area contributed by atoms with E-state index in [0.717, 1.165) is 64.7 Å². The van der Waals surface area contributed by atoms with Gasteiger partial charge in [-0.15, -0.1) is 0 Å². The summed E-state index contributed by atoms with van der Waals surface area (Å²) in [7, 11) is 0. The van der Waals surface area contributed by atoms with E-state index in [1.165, 1.54) is 0 Å². The Morgan fingerprint density at radius 3 is 1.81 bits per heavy atom. The second-order valence-electron chi connectivity index (χ2n) is 14.2. The minimum Gasteiger partial charge on any atom is -0.479 e. The van der Waals surface area contributed by atoms with Gasteiger partial charge in [-0.05, 0) is 19.3 Å². The standard InChI is InChI=1S/C36H64O18/c1-3-14-22(39)17-27(42)53-33-28(43)25(18-37)51-36(31(33)46)54-32-26(20-49-21(2)38)52-35(30(45)29(32)44)50-19-23(40)15-12-10-8-6-4-5-7-9-11-13-16-24(41)34(47)48/h22-26,28-33,35-37,39-41,43-46H,3-20H2,1-2H3,(H,47,48)/t22-,23-,24-,25+,26+,28+,29+,30+,31+,32+,33-,35+,36-/m0/s1. The number of unbranched alkanes of at least 4 members (excludes halogenated alkanes) is 9. The Kier molecular flexibility index (Phi) is 23.1. The topological polar surface area (TPSA) is 289 Å². The Morgan fingerprint density at radius 1 is 0.685 bits per heavy atom. The van der Waals surface area contributed by atoms with E-state index in [-0.39, 0.29) is 13.0 Å². The third kappa shape index (κ3) is 17.0. The molecule has 18 heteroatoms. The number of aliphatic carboxylic acids is 1. The van der Waals surface area contributed by atoms with E-state index in [1.807, 2.05) is 6.92 Å². The largest absolute Gasteiger partial charge is 0.479 e. The van der Waals surface area contributed by atoms with E-state index in [2.05, 4.69) is 0 Å². The Bertz CT molecular complexity index is 1060. The van der Waals surface area contributed by atoms with Gasteiger partial charge in [0.15, 0.2) is 24.8 Å². The third-order valence-electron chi connectivity index (χ3n) is 9.50. The number of esters is 2. The van der Waals surface area contributed by atoms with Crippen molar-refractivity contribution in [2.75, 3.05) is 19.8 Å². The van der Waals surface area contributed by atoms with Crippen molar-refractivity contribution in [1.82, 2.24) is 0 Å². The van der Waals surface area contributed by atoms with Crippen LogP contribution >= 0.6 is 0 Å². The SMILES string of the molecule is CCC[C@H](O)CC(=O)O[C@@H]1[C@@H](O)[C@H](O[C@H]2[C@H](O)[C@@H](O)[C@H](OC[C@@H](O)CCCCCCCCCCCC[C@H](O)C(=O)O)O[C@@H]2COC(C)=O)O[C@H](CO)[C@H]1O. The first-order valence-corrected chi connectivity index (χ1v) is 19.2. The van der Waals surface area contributed by atoms with Crippen LogP contribution in [-0.4, -0.2) is 163 Å². The molecule has 0 bridgehead atoms. The monoisotopic (exact) mass is 784 g/mol. The Labute approximate surface area is 316 Å². The van der Waals surface area contributed by atoms with Crippen LogP contribution in [0.2, 0.25) is 0 Å². The molecule has 2 heterocycles. The summed E-state index contributed by atoms with van der Waals surface area (Å²) in [5.74, 6) is -2.82. The van der Waals surface area contributed by atoms with Crippen molar-refractivity contribution in [2.24, 2.45) is 0 Å². The highest BCUT2D eigenvalue weighted by Gasteiger charge is 2.52. The smallest absolute Gasteiger partial charge is 0.332 e. The fourth-order valence-electron chi connectivity index (χ4n) is 6.38. The molecule has 2 aliphatic rings. The van der Waals surface area contributed by atoms with Gasteiger partial charge < -0.3 is 74.4 Å². The first-order chi connectivity index (χ1) is 25.7. The minimum absolute atomic E-state index is 0.246. The third-order valence-corrected chi connectivity index (χ3v) is 9.50. The lowest BCUT2D eigenvalue weighted by atomic mass is 9.96. The van der Waals surface area contributed by atoms with Gasteiger partial charge in [0.05, 0.1) is 31.8 Å². The summed E-state index contributed by atoms with van der Waals surface area (Å²) >= 11 is 0. The predicted molar refractivity (Wildman–Crippen MR) is 186 cm³/mol. The van der Waals surface area contributed by atoms with E-state index in [1.54, 1.807) is 0 Å². The molecule has 9 N–H and O–H groups in total. The maximum Gasteiger partial charge on any atom is 0.332 e. The average Bonchev–Trinajstić information content (AvgIpc) is 3.12. The van der Waals surface area contributed by atoms with Crippen LogP contribution in [0.4, 0.5) is 0 Å². The molecule has 13 atom stereocenters. The summed E-state index contributed by atoms with van der Waals surface area (Å²) < 4.78 is 33.0. The van der Waals surface area contributed by atoms with Gasteiger partial charge in [-0.1, -0.05) is 77.6 Å². The van der Waals surface area contributed by atoms with Gasteiger partial charge in [0.25, 0.3) is 0 Å². The lowest BCUT2D eigenvalue weighted by Gasteiger charge is -2.46. The molecular weight excluding hydrogens is 720 g/mol. The number of ether oxygens (including phenoxy) is 6. The van der Waals surface area contributed by atoms with E-state index >= 15 is 0 Å². The van der Waals surface area contributed by atoms with Crippen molar-refractivity contribution < 1.29 is 88.8 Å². The molecule has 2 rings (SSSR count). The molecule has 2 aliphatic heterocycles. The highest BCUT2D eigenvalue weighted by molar-refractivity contribution is 5.71. The molecule has 0 unspecified atom stereocenters. The molecule has 0 saturated carbocycles. The maximum absolute atomic E-state index is 12.5. The molecule has 18 nitrogen and oxygen atoms in total. The number of carbonyl (C=O) groups is 3. The predicted octanol–water partition coefficient (Wildman–Crippen LogP) is -0.212. The van der Waals surface area contributed by atoms with Gasteiger partial charge in [0, 0.05) is 6.92 Å². The molecule has 0 aromatic rings. The van der Waals surface area contributed by atoms with E-state index in [9.17, 15) is 55.2 Å². The number of carbonyl (C=O) groups excluding carboxylic acids is 2. The Morgan fingerprint density at radius 2 is 1.26 bits per heavy atom. The van der Waals surface area contributed by atoms with Crippen LogP contribution in [0.5, 0.6) is 0 Å². The summed E-state index contributed by atoms with van der Waals surface area (Å²) in [6, 6.07) is 0. The number of hydrogen-bond donors (Lipinski definition) is 9. The van der Waals surface area contributed by atoms with Crippen molar-refractivity contribution in [3.63, 3.8) is 0 Å². The van der Waals surface area contributed by atoms with E-state index in [4.69, 9.17) is 33.5 Å². The number of hydrogen-bond acceptors (Lipinski definition) is 17. The summed E-state index contributed by atoms with van der Waals surface area (Å²) in [5, 5.41) is 91.9. The van der Waals surface area contributed by atoms with Crippen LogP contribution in [0.1, 0.15) is 110 Å². The summed E-state index contributed by atoms with van der Waals surface area (Å²) in [4.78, 5) is 34.7. The summed E-state index contributed by atoms with van der Waals surface area (Å²) in [5.41, 5.74) is 0.